The summed E-state index contributed by atoms with van der Waals surface area (Å²) < 4.78 is 2.79. The van der Waals surface area contributed by atoms with E-state index in [0.717, 1.165) is 6.92 Å². The predicted molar refractivity (Wildman–Crippen MR) is 69.8 cm³/mol. The van der Waals surface area contributed by atoms with Gasteiger partial charge in [0.1, 0.15) is 0 Å². The van der Waals surface area contributed by atoms with Gasteiger partial charge in [-0.3, -0.25) is 9.59 Å². The van der Waals surface area contributed by atoms with Gasteiger partial charge in [0.05, 0.1) is 0 Å². The number of carbonyl (C=O) groups is 2. The summed E-state index contributed by atoms with van der Waals surface area (Å²) in [5.74, 6) is -1.17. The van der Waals surface area contributed by atoms with Gasteiger partial charge >= 0.3 is 5.97 Å². The van der Waals surface area contributed by atoms with Crippen LogP contribution in [0.15, 0.2) is 30.3 Å². The van der Waals surface area contributed by atoms with E-state index >= 15 is 0 Å². The van der Waals surface area contributed by atoms with Crippen molar-refractivity contribution in [3.8, 4) is 0 Å². The number of amides is 1. The summed E-state index contributed by atoms with van der Waals surface area (Å²) in [5.41, 5.74) is 0.365. The maximum Gasteiger partial charge on any atom is 0.304 e. The van der Waals surface area contributed by atoms with Crippen LogP contribution in [0.2, 0.25) is 0 Å². The second kappa shape index (κ2) is 6.27. The highest BCUT2D eigenvalue weighted by Gasteiger charge is 2.36. The molecule has 1 amide bonds. The zero-order chi connectivity index (χ0) is 13.8. The molecule has 0 aliphatic rings. The van der Waals surface area contributed by atoms with Crippen molar-refractivity contribution in [3.63, 3.8) is 0 Å². The van der Waals surface area contributed by atoms with E-state index in [2.05, 4.69) is 5.32 Å². The van der Waals surface area contributed by atoms with Crippen LogP contribution in [-0.2, 0) is 9.53 Å². The lowest BCUT2D eigenvalue weighted by atomic mass is 10.2. The van der Waals surface area contributed by atoms with Crippen molar-refractivity contribution in [1.29, 1.82) is 0 Å². The van der Waals surface area contributed by atoms with Crippen LogP contribution in [0.3, 0.4) is 0 Å². The number of hydrogen-bond donors (Lipinski definition) is 1. The fourth-order valence-corrected chi connectivity index (χ4v) is 1.43. The average Bonchev–Trinajstić information content (AvgIpc) is 2.27. The molecule has 0 fully saturated rings. The van der Waals surface area contributed by atoms with E-state index in [4.69, 9.17) is 39.5 Å². The Balaban J connectivity index is 2.78. The molecule has 0 saturated heterocycles. The standard InChI is InChI=1S/C11H10Cl3NO3/c1-7(16)18-10(11(12,13)14)15-9(17)8-5-3-2-4-6-8/h2-6,10H,1H3,(H,15,17). The zero-order valence-corrected chi connectivity index (χ0v) is 11.6. The van der Waals surface area contributed by atoms with E-state index in [-0.39, 0.29) is 0 Å². The van der Waals surface area contributed by atoms with Gasteiger partial charge in [-0.15, -0.1) is 0 Å². The highest BCUT2D eigenvalue weighted by molar-refractivity contribution is 6.68. The summed E-state index contributed by atoms with van der Waals surface area (Å²) in [5, 5.41) is 2.33. The first-order valence-electron chi connectivity index (χ1n) is 4.90. The maximum absolute atomic E-state index is 11.8. The SMILES string of the molecule is CC(=O)OC(NC(=O)c1ccccc1)C(Cl)(Cl)Cl. The van der Waals surface area contributed by atoms with Crippen LogP contribution in [-0.4, -0.2) is 21.9 Å². The van der Waals surface area contributed by atoms with Crippen molar-refractivity contribution in [1.82, 2.24) is 5.32 Å². The molecule has 0 saturated carbocycles. The van der Waals surface area contributed by atoms with Gasteiger partial charge in [0, 0.05) is 12.5 Å². The third-order valence-electron chi connectivity index (χ3n) is 1.88. The largest absolute Gasteiger partial charge is 0.437 e. The Bertz CT molecular complexity index is 431. The number of hydrogen-bond acceptors (Lipinski definition) is 3. The van der Waals surface area contributed by atoms with Crippen LogP contribution in [0, 0.1) is 0 Å². The van der Waals surface area contributed by atoms with Crippen molar-refractivity contribution in [2.24, 2.45) is 0 Å². The normalized spacial score (nSPS) is 12.7. The molecule has 4 nitrogen and oxygen atoms in total. The number of benzene rings is 1. The van der Waals surface area contributed by atoms with Crippen molar-refractivity contribution in [2.45, 2.75) is 16.9 Å². The van der Waals surface area contributed by atoms with Crippen molar-refractivity contribution < 1.29 is 14.3 Å². The topological polar surface area (TPSA) is 55.4 Å². The molecular weight excluding hydrogens is 300 g/mol. The van der Waals surface area contributed by atoms with E-state index in [1.165, 1.54) is 0 Å². The van der Waals surface area contributed by atoms with E-state index in [1.807, 2.05) is 0 Å². The molecule has 18 heavy (non-hydrogen) atoms. The number of halogens is 3. The van der Waals surface area contributed by atoms with Gasteiger partial charge in [-0.25, -0.2) is 0 Å². The Labute approximate surface area is 119 Å². The minimum atomic E-state index is -1.95. The molecule has 0 aliphatic carbocycles. The fraction of sp³-hybridized carbons (Fsp3) is 0.273. The smallest absolute Gasteiger partial charge is 0.304 e. The molecule has 0 radical (unpaired) electrons. The molecule has 1 N–H and O–H groups in total. The van der Waals surface area contributed by atoms with Crippen LogP contribution in [0.4, 0.5) is 0 Å². The Morgan fingerprint density at radius 2 is 1.78 bits per heavy atom. The summed E-state index contributed by atoms with van der Waals surface area (Å²) in [6.45, 7) is 1.15. The first-order valence-corrected chi connectivity index (χ1v) is 6.04. The minimum absolute atomic E-state index is 0.365. The van der Waals surface area contributed by atoms with Crippen molar-refractivity contribution in [3.05, 3.63) is 35.9 Å². The molecule has 1 unspecified atom stereocenters. The molecule has 1 rings (SSSR count). The van der Waals surface area contributed by atoms with E-state index in [1.54, 1.807) is 30.3 Å². The predicted octanol–water partition coefficient (Wildman–Crippen LogP) is 2.68. The third-order valence-corrected chi connectivity index (χ3v) is 2.47. The second-order valence-electron chi connectivity index (χ2n) is 3.37. The lowest BCUT2D eigenvalue weighted by Gasteiger charge is -2.24. The van der Waals surface area contributed by atoms with Crippen molar-refractivity contribution in [2.75, 3.05) is 0 Å². The zero-order valence-electron chi connectivity index (χ0n) is 9.32. The molecule has 0 aromatic heterocycles. The third kappa shape index (κ3) is 4.72. The van der Waals surface area contributed by atoms with Crippen molar-refractivity contribution >= 4 is 46.7 Å². The fourth-order valence-electron chi connectivity index (χ4n) is 1.14. The first kappa shape index (κ1) is 15.1. The van der Waals surface area contributed by atoms with E-state index < -0.39 is 21.9 Å². The molecule has 0 aliphatic heterocycles. The Morgan fingerprint density at radius 3 is 2.22 bits per heavy atom. The van der Waals surface area contributed by atoms with E-state index in [0.29, 0.717) is 5.56 Å². The van der Waals surface area contributed by atoms with Crippen LogP contribution in [0.25, 0.3) is 0 Å². The number of esters is 1. The summed E-state index contributed by atoms with van der Waals surface area (Å²) in [6, 6.07) is 8.29. The van der Waals surface area contributed by atoms with Gasteiger partial charge in [-0.1, -0.05) is 53.0 Å². The van der Waals surface area contributed by atoms with Crippen LogP contribution >= 0.6 is 34.8 Å². The summed E-state index contributed by atoms with van der Waals surface area (Å²) >= 11 is 16.8. The van der Waals surface area contributed by atoms with Crippen LogP contribution in [0.1, 0.15) is 17.3 Å². The number of ether oxygens (including phenoxy) is 1. The molecule has 1 aromatic carbocycles. The lowest BCUT2D eigenvalue weighted by Crippen LogP contribution is -2.46. The molecular formula is C11H10Cl3NO3. The second-order valence-corrected chi connectivity index (χ2v) is 5.74. The Kier molecular flexibility index (Phi) is 5.26. The molecule has 7 heteroatoms. The number of carbonyl (C=O) groups excluding carboxylic acids is 2. The summed E-state index contributed by atoms with van der Waals surface area (Å²) in [7, 11) is 0. The number of alkyl halides is 3. The van der Waals surface area contributed by atoms with Gasteiger partial charge in [-0.2, -0.15) is 0 Å². The monoisotopic (exact) mass is 309 g/mol. The average molecular weight is 311 g/mol. The van der Waals surface area contributed by atoms with Crippen LogP contribution < -0.4 is 5.32 Å². The van der Waals surface area contributed by atoms with Gasteiger partial charge in [0.25, 0.3) is 5.91 Å². The molecule has 0 heterocycles. The maximum atomic E-state index is 11.8. The van der Waals surface area contributed by atoms with E-state index in [9.17, 15) is 9.59 Å². The quantitative estimate of drug-likeness (QED) is 0.530. The molecule has 0 spiro atoms. The lowest BCUT2D eigenvalue weighted by molar-refractivity contribution is -0.147. The summed E-state index contributed by atoms with van der Waals surface area (Å²) in [4.78, 5) is 22.7. The minimum Gasteiger partial charge on any atom is -0.437 e. The summed E-state index contributed by atoms with van der Waals surface area (Å²) in [6.07, 6.45) is -1.35. The Hall–Kier alpha value is -0.970. The first-order chi connectivity index (χ1) is 8.30. The highest BCUT2D eigenvalue weighted by Crippen LogP contribution is 2.31. The van der Waals surface area contributed by atoms with Gasteiger partial charge < -0.3 is 10.1 Å². The van der Waals surface area contributed by atoms with Gasteiger partial charge in [0.2, 0.25) is 10.0 Å². The molecule has 0 bridgehead atoms. The van der Waals surface area contributed by atoms with Gasteiger partial charge in [0.15, 0.2) is 0 Å². The number of nitrogens with one attached hydrogen (secondary N) is 1. The number of rotatable bonds is 3. The van der Waals surface area contributed by atoms with Crippen LogP contribution in [0.5, 0.6) is 0 Å². The van der Waals surface area contributed by atoms with Gasteiger partial charge in [-0.05, 0) is 12.1 Å². The Morgan fingerprint density at radius 1 is 1.22 bits per heavy atom. The molecule has 98 valence electrons. The molecule has 1 atom stereocenters. The molecule has 1 aromatic rings. The highest BCUT2D eigenvalue weighted by atomic mass is 35.6.